The number of carbonyl (C=O) groups excluding carboxylic acids is 1. The highest BCUT2D eigenvalue weighted by Gasteiger charge is 2.34. The molecule has 29 heavy (non-hydrogen) atoms. The standard InChI is InChI=1S/C19H14F3N5OS/c20-19(21,22)12-2-1-3-13-10(12)6-15(24-13)18(28)27-5-4-14-11(7-27)17(26-25-14)16-8-29-9-23-16/h1-3,6,8-9,24H,4-5,7H2,(H,25,26). The predicted octanol–water partition coefficient (Wildman–Crippen LogP) is 4.23. The van der Waals surface area contributed by atoms with Gasteiger partial charge in [0.2, 0.25) is 0 Å². The van der Waals surface area contributed by atoms with E-state index in [4.69, 9.17) is 0 Å². The average Bonchev–Trinajstić information content (AvgIpc) is 3.43. The molecule has 2 N–H and O–H groups in total. The van der Waals surface area contributed by atoms with E-state index in [1.165, 1.54) is 29.5 Å². The number of carbonyl (C=O) groups is 1. The number of nitrogens with one attached hydrogen (secondary N) is 2. The van der Waals surface area contributed by atoms with E-state index in [0.29, 0.717) is 19.5 Å². The van der Waals surface area contributed by atoms with Crippen molar-refractivity contribution in [2.75, 3.05) is 6.54 Å². The monoisotopic (exact) mass is 417 g/mol. The summed E-state index contributed by atoms with van der Waals surface area (Å²) in [5, 5.41) is 9.20. The lowest BCUT2D eigenvalue weighted by atomic mass is 10.0. The molecule has 4 heterocycles. The summed E-state index contributed by atoms with van der Waals surface area (Å²) < 4.78 is 39.8. The topological polar surface area (TPSA) is 77.7 Å². The highest BCUT2D eigenvalue weighted by molar-refractivity contribution is 7.07. The Morgan fingerprint density at radius 3 is 2.90 bits per heavy atom. The summed E-state index contributed by atoms with van der Waals surface area (Å²) in [6, 6.07) is 5.16. The van der Waals surface area contributed by atoms with Crippen LogP contribution in [0.4, 0.5) is 13.2 Å². The van der Waals surface area contributed by atoms with Crippen LogP contribution in [-0.4, -0.2) is 37.5 Å². The lowest BCUT2D eigenvalue weighted by Gasteiger charge is -2.26. The second-order valence-electron chi connectivity index (χ2n) is 6.82. The van der Waals surface area contributed by atoms with Gasteiger partial charge in [-0.2, -0.15) is 18.3 Å². The van der Waals surface area contributed by atoms with Gasteiger partial charge in [0, 0.05) is 34.8 Å². The summed E-state index contributed by atoms with van der Waals surface area (Å²) >= 11 is 1.46. The molecule has 0 spiro atoms. The molecule has 1 amide bonds. The molecule has 0 atom stereocenters. The van der Waals surface area contributed by atoms with Gasteiger partial charge in [-0.1, -0.05) is 6.07 Å². The summed E-state index contributed by atoms with van der Waals surface area (Å²) in [5.74, 6) is -0.342. The first kappa shape index (κ1) is 17.9. The van der Waals surface area contributed by atoms with E-state index in [0.717, 1.165) is 28.7 Å². The summed E-state index contributed by atoms with van der Waals surface area (Å²) in [6.45, 7) is 0.758. The molecule has 1 aromatic carbocycles. The fourth-order valence-corrected chi connectivity index (χ4v) is 4.24. The van der Waals surface area contributed by atoms with Crippen LogP contribution in [0.15, 0.2) is 35.2 Å². The first-order valence-corrected chi connectivity index (χ1v) is 9.79. The molecule has 1 aliphatic rings. The van der Waals surface area contributed by atoms with Crippen molar-refractivity contribution in [3.63, 3.8) is 0 Å². The summed E-state index contributed by atoms with van der Waals surface area (Å²) in [6.07, 6.45) is -3.92. The molecule has 0 saturated carbocycles. The Morgan fingerprint density at radius 2 is 2.14 bits per heavy atom. The number of aromatic amines is 2. The predicted molar refractivity (Wildman–Crippen MR) is 101 cm³/mol. The number of nitrogens with zero attached hydrogens (tertiary/aromatic N) is 3. The fourth-order valence-electron chi connectivity index (χ4n) is 3.70. The second kappa shape index (κ2) is 6.45. The number of H-pyrrole nitrogens is 2. The molecule has 10 heteroatoms. The maximum atomic E-state index is 13.3. The molecule has 0 radical (unpaired) electrons. The van der Waals surface area contributed by atoms with Gasteiger partial charge in [0.15, 0.2) is 0 Å². The molecule has 6 nitrogen and oxygen atoms in total. The van der Waals surface area contributed by atoms with Gasteiger partial charge >= 0.3 is 6.18 Å². The number of thiazole rings is 1. The van der Waals surface area contributed by atoms with Crippen LogP contribution in [-0.2, 0) is 19.1 Å². The normalized spacial score (nSPS) is 14.4. The maximum Gasteiger partial charge on any atom is 0.417 e. The minimum Gasteiger partial charge on any atom is -0.351 e. The molecular weight excluding hydrogens is 403 g/mol. The Bertz CT molecular complexity index is 1210. The molecule has 148 valence electrons. The molecule has 0 aliphatic carbocycles. The minimum atomic E-state index is -4.48. The summed E-state index contributed by atoms with van der Waals surface area (Å²) in [7, 11) is 0. The van der Waals surface area contributed by atoms with Crippen molar-refractivity contribution in [1.29, 1.82) is 0 Å². The molecule has 0 unspecified atom stereocenters. The molecule has 3 aromatic heterocycles. The number of fused-ring (bicyclic) bond motifs is 2. The summed E-state index contributed by atoms with van der Waals surface area (Å²) in [5.41, 5.74) is 4.69. The number of halogens is 3. The molecule has 0 saturated heterocycles. The van der Waals surface area contributed by atoms with E-state index in [9.17, 15) is 18.0 Å². The van der Waals surface area contributed by atoms with Gasteiger partial charge in [-0.15, -0.1) is 11.3 Å². The number of amides is 1. The second-order valence-corrected chi connectivity index (χ2v) is 7.54. The molecule has 0 bridgehead atoms. The number of alkyl halides is 3. The molecule has 1 aliphatic heterocycles. The molecule has 4 aromatic rings. The molecule has 0 fully saturated rings. The fraction of sp³-hybridized carbons (Fsp3) is 0.211. The third kappa shape index (κ3) is 3.00. The van der Waals surface area contributed by atoms with Crippen LogP contribution in [0.5, 0.6) is 0 Å². The van der Waals surface area contributed by atoms with E-state index in [2.05, 4.69) is 20.2 Å². The Hall–Kier alpha value is -3.14. The maximum absolute atomic E-state index is 13.3. The highest BCUT2D eigenvalue weighted by atomic mass is 32.1. The van der Waals surface area contributed by atoms with Crippen LogP contribution in [0.3, 0.4) is 0 Å². The van der Waals surface area contributed by atoms with E-state index in [1.807, 2.05) is 5.38 Å². The zero-order valence-corrected chi connectivity index (χ0v) is 15.7. The Balaban J connectivity index is 1.47. The lowest BCUT2D eigenvalue weighted by molar-refractivity contribution is -0.136. The van der Waals surface area contributed by atoms with E-state index < -0.39 is 11.7 Å². The summed E-state index contributed by atoms with van der Waals surface area (Å²) in [4.78, 5) is 21.8. The zero-order chi connectivity index (χ0) is 20.2. The quantitative estimate of drug-likeness (QED) is 0.512. The smallest absolute Gasteiger partial charge is 0.351 e. The molecular formula is C19H14F3N5OS. The van der Waals surface area contributed by atoms with E-state index in [-0.39, 0.29) is 22.5 Å². The minimum absolute atomic E-state index is 0.00692. The zero-order valence-electron chi connectivity index (χ0n) is 14.9. The van der Waals surface area contributed by atoms with Gasteiger partial charge in [-0.25, -0.2) is 4.98 Å². The van der Waals surface area contributed by atoms with Crippen molar-refractivity contribution in [3.05, 3.63) is 57.7 Å². The molecule has 5 rings (SSSR count). The first-order valence-electron chi connectivity index (χ1n) is 8.84. The van der Waals surface area contributed by atoms with Gasteiger partial charge in [-0.3, -0.25) is 9.89 Å². The largest absolute Gasteiger partial charge is 0.417 e. The van der Waals surface area contributed by atoms with Crippen molar-refractivity contribution < 1.29 is 18.0 Å². The van der Waals surface area contributed by atoms with Crippen LogP contribution in [0.1, 0.15) is 27.3 Å². The first-order chi connectivity index (χ1) is 13.9. The van der Waals surface area contributed by atoms with E-state index in [1.54, 1.807) is 10.4 Å². The van der Waals surface area contributed by atoms with Crippen molar-refractivity contribution in [2.24, 2.45) is 0 Å². The average molecular weight is 417 g/mol. The highest BCUT2D eigenvalue weighted by Crippen LogP contribution is 2.35. The van der Waals surface area contributed by atoms with Gasteiger partial charge in [0.1, 0.15) is 5.69 Å². The van der Waals surface area contributed by atoms with Crippen LogP contribution < -0.4 is 0 Å². The number of rotatable bonds is 2. The van der Waals surface area contributed by atoms with Crippen LogP contribution in [0.25, 0.3) is 22.3 Å². The van der Waals surface area contributed by atoms with Crippen LogP contribution >= 0.6 is 11.3 Å². The van der Waals surface area contributed by atoms with Crippen molar-refractivity contribution in [1.82, 2.24) is 25.1 Å². The van der Waals surface area contributed by atoms with Crippen molar-refractivity contribution in [3.8, 4) is 11.4 Å². The number of hydrogen-bond donors (Lipinski definition) is 2. The van der Waals surface area contributed by atoms with Crippen LogP contribution in [0, 0.1) is 0 Å². The number of hydrogen-bond acceptors (Lipinski definition) is 4. The third-order valence-electron chi connectivity index (χ3n) is 5.10. The lowest BCUT2D eigenvalue weighted by Crippen LogP contribution is -2.36. The van der Waals surface area contributed by atoms with Crippen molar-refractivity contribution >= 4 is 28.1 Å². The number of aromatic nitrogens is 4. The Kier molecular flexibility index (Phi) is 3.98. The van der Waals surface area contributed by atoms with Crippen LogP contribution in [0.2, 0.25) is 0 Å². The van der Waals surface area contributed by atoms with E-state index >= 15 is 0 Å². The Labute approximate surface area is 166 Å². The van der Waals surface area contributed by atoms with Gasteiger partial charge in [0.25, 0.3) is 5.91 Å². The SMILES string of the molecule is O=C(c1cc2c(C(F)(F)F)cccc2[nH]1)N1CCc2n[nH]c(-c3cscn3)c2C1. The van der Waals surface area contributed by atoms with Gasteiger partial charge in [-0.05, 0) is 18.2 Å². The van der Waals surface area contributed by atoms with Crippen molar-refractivity contribution in [2.45, 2.75) is 19.1 Å². The van der Waals surface area contributed by atoms with Gasteiger partial charge in [0.05, 0.1) is 34.7 Å². The van der Waals surface area contributed by atoms with Gasteiger partial charge < -0.3 is 9.88 Å². The third-order valence-corrected chi connectivity index (χ3v) is 5.68. The Morgan fingerprint density at radius 1 is 1.28 bits per heavy atom. The number of benzene rings is 1.